The van der Waals surface area contributed by atoms with Gasteiger partial charge in [-0.1, -0.05) is 12.1 Å². The molecular weight excluding hydrogens is 348 g/mol. The molecule has 7 nitrogen and oxygen atoms in total. The lowest BCUT2D eigenvalue weighted by molar-refractivity contribution is -0.150. The van der Waals surface area contributed by atoms with E-state index in [2.05, 4.69) is 0 Å². The van der Waals surface area contributed by atoms with E-state index in [9.17, 15) is 19.5 Å². The van der Waals surface area contributed by atoms with E-state index in [1.165, 1.54) is 11.2 Å². The van der Waals surface area contributed by atoms with Crippen LogP contribution in [0.3, 0.4) is 0 Å². The maximum atomic E-state index is 13.1. The summed E-state index contributed by atoms with van der Waals surface area (Å²) in [5.74, 6) is -1.37. The zero-order valence-corrected chi connectivity index (χ0v) is 15.3. The Hall–Kier alpha value is -3.09. The second-order valence-electron chi connectivity index (χ2n) is 7.05. The van der Waals surface area contributed by atoms with E-state index in [1.807, 2.05) is 0 Å². The van der Waals surface area contributed by atoms with E-state index < -0.39 is 11.4 Å². The van der Waals surface area contributed by atoms with Crippen LogP contribution in [0.15, 0.2) is 47.1 Å². The van der Waals surface area contributed by atoms with Crippen molar-refractivity contribution in [3.63, 3.8) is 0 Å². The molecule has 7 heteroatoms. The van der Waals surface area contributed by atoms with Crippen LogP contribution in [0.4, 0.5) is 5.69 Å². The Balaban J connectivity index is 1.88. The first-order chi connectivity index (χ1) is 12.8. The number of piperidine rings is 1. The van der Waals surface area contributed by atoms with Gasteiger partial charge in [-0.3, -0.25) is 14.4 Å². The third-order valence-corrected chi connectivity index (χ3v) is 5.03. The number of carbonyl (C=O) groups is 3. The van der Waals surface area contributed by atoms with Gasteiger partial charge in [0.2, 0.25) is 0 Å². The fraction of sp³-hybridized carbons (Fsp3) is 0.350. The second kappa shape index (κ2) is 7.26. The average Bonchev–Trinajstić information content (AvgIpc) is 3.21. The lowest BCUT2D eigenvalue weighted by Gasteiger charge is -2.38. The van der Waals surface area contributed by atoms with Crippen molar-refractivity contribution in [2.24, 2.45) is 5.41 Å². The molecule has 1 aromatic carbocycles. The number of likely N-dealkylation sites (tertiary alicyclic amines) is 1. The summed E-state index contributed by atoms with van der Waals surface area (Å²) in [5.41, 5.74) is -0.153. The SMILES string of the molecule is CN(C(=O)c1ccco1)c1ccccc1C(=O)N1CCCC(C)(C(=O)O)C1. The van der Waals surface area contributed by atoms with Gasteiger partial charge in [-0.05, 0) is 44.0 Å². The predicted molar refractivity (Wildman–Crippen MR) is 98.8 cm³/mol. The zero-order valence-electron chi connectivity index (χ0n) is 15.3. The molecule has 1 fully saturated rings. The second-order valence-corrected chi connectivity index (χ2v) is 7.05. The highest BCUT2D eigenvalue weighted by molar-refractivity contribution is 6.09. The molecule has 0 spiro atoms. The molecule has 2 amide bonds. The number of aliphatic carboxylic acids is 1. The van der Waals surface area contributed by atoms with Gasteiger partial charge in [0.1, 0.15) is 0 Å². The number of carbonyl (C=O) groups excluding carboxylic acids is 2. The van der Waals surface area contributed by atoms with Crippen LogP contribution in [0.2, 0.25) is 0 Å². The number of benzene rings is 1. The van der Waals surface area contributed by atoms with Crippen LogP contribution in [0.5, 0.6) is 0 Å². The van der Waals surface area contributed by atoms with E-state index in [4.69, 9.17) is 4.42 Å². The Morgan fingerprint density at radius 2 is 1.93 bits per heavy atom. The van der Waals surface area contributed by atoms with Crippen molar-refractivity contribution in [2.75, 3.05) is 25.0 Å². The zero-order chi connectivity index (χ0) is 19.6. The van der Waals surface area contributed by atoms with Gasteiger partial charge in [0.05, 0.1) is 22.9 Å². The highest BCUT2D eigenvalue weighted by Crippen LogP contribution is 2.32. The van der Waals surface area contributed by atoms with Gasteiger partial charge in [0.15, 0.2) is 5.76 Å². The Kier molecular flexibility index (Phi) is 5.03. The van der Waals surface area contributed by atoms with Gasteiger partial charge in [-0.25, -0.2) is 0 Å². The van der Waals surface area contributed by atoms with Gasteiger partial charge < -0.3 is 19.3 Å². The van der Waals surface area contributed by atoms with Gasteiger partial charge in [-0.15, -0.1) is 0 Å². The molecule has 3 rings (SSSR count). The largest absolute Gasteiger partial charge is 0.481 e. The van der Waals surface area contributed by atoms with Crippen LogP contribution >= 0.6 is 0 Å². The van der Waals surface area contributed by atoms with Crippen molar-refractivity contribution in [3.8, 4) is 0 Å². The molecule has 1 aliphatic rings. The molecule has 142 valence electrons. The van der Waals surface area contributed by atoms with Gasteiger partial charge in [0, 0.05) is 20.1 Å². The Morgan fingerprint density at radius 1 is 1.19 bits per heavy atom. The van der Waals surface area contributed by atoms with Crippen LogP contribution in [0.1, 0.15) is 40.7 Å². The Bertz CT molecular complexity index is 861. The summed E-state index contributed by atoms with van der Waals surface area (Å²) in [7, 11) is 1.58. The molecule has 27 heavy (non-hydrogen) atoms. The summed E-state index contributed by atoms with van der Waals surface area (Å²) in [5, 5.41) is 9.49. The lowest BCUT2D eigenvalue weighted by Crippen LogP contribution is -2.48. The molecule has 1 atom stereocenters. The smallest absolute Gasteiger partial charge is 0.311 e. The number of furan rings is 1. The molecule has 2 heterocycles. The average molecular weight is 370 g/mol. The fourth-order valence-electron chi connectivity index (χ4n) is 3.38. The summed E-state index contributed by atoms with van der Waals surface area (Å²) in [6, 6.07) is 9.99. The number of para-hydroxylation sites is 1. The minimum atomic E-state index is -0.960. The Morgan fingerprint density at radius 3 is 2.59 bits per heavy atom. The predicted octanol–water partition coefficient (Wildman–Crippen LogP) is 2.88. The topological polar surface area (TPSA) is 91.1 Å². The molecule has 0 aliphatic carbocycles. The quantitative estimate of drug-likeness (QED) is 0.894. The van der Waals surface area contributed by atoms with Crippen molar-refractivity contribution in [3.05, 3.63) is 54.0 Å². The normalized spacial score (nSPS) is 19.6. The number of nitrogens with zero attached hydrogens (tertiary/aromatic N) is 2. The summed E-state index contributed by atoms with van der Waals surface area (Å²) in [6.07, 6.45) is 2.57. The number of hydrogen-bond acceptors (Lipinski definition) is 4. The van der Waals surface area contributed by atoms with E-state index in [0.717, 1.165) is 0 Å². The van der Waals surface area contributed by atoms with Gasteiger partial charge in [0.25, 0.3) is 11.8 Å². The molecule has 0 saturated carbocycles. The number of hydrogen-bond donors (Lipinski definition) is 1. The maximum absolute atomic E-state index is 13.1. The van der Waals surface area contributed by atoms with Crippen molar-refractivity contribution in [2.45, 2.75) is 19.8 Å². The van der Waals surface area contributed by atoms with Crippen LogP contribution < -0.4 is 4.90 Å². The number of carboxylic acid groups (broad SMARTS) is 1. The van der Waals surface area contributed by atoms with Gasteiger partial charge in [-0.2, -0.15) is 0 Å². The first kappa shape index (κ1) is 18.7. The fourth-order valence-corrected chi connectivity index (χ4v) is 3.38. The van der Waals surface area contributed by atoms with Crippen LogP contribution in [-0.4, -0.2) is 47.9 Å². The number of amides is 2. The third kappa shape index (κ3) is 3.58. The minimum Gasteiger partial charge on any atom is -0.481 e. The van der Waals surface area contributed by atoms with Gasteiger partial charge >= 0.3 is 5.97 Å². The van der Waals surface area contributed by atoms with Crippen LogP contribution in [0, 0.1) is 5.41 Å². The molecule has 0 radical (unpaired) electrons. The van der Waals surface area contributed by atoms with E-state index in [-0.39, 0.29) is 24.1 Å². The van der Waals surface area contributed by atoms with E-state index >= 15 is 0 Å². The highest BCUT2D eigenvalue weighted by atomic mass is 16.4. The number of anilines is 1. The summed E-state index contributed by atoms with van der Waals surface area (Å²) >= 11 is 0. The lowest BCUT2D eigenvalue weighted by atomic mass is 9.82. The van der Waals surface area contributed by atoms with Crippen LogP contribution in [-0.2, 0) is 4.79 Å². The summed E-state index contributed by atoms with van der Waals surface area (Å²) in [4.78, 5) is 40.2. The molecule has 1 aliphatic heterocycles. The maximum Gasteiger partial charge on any atom is 0.311 e. The van der Waals surface area contributed by atoms with Crippen molar-refractivity contribution < 1.29 is 23.9 Å². The first-order valence-corrected chi connectivity index (χ1v) is 8.77. The molecule has 1 aromatic heterocycles. The highest BCUT2D eigenvalue weighted by Gasteiger charge is 2.40. The monoisotopic (exact) mass is 370 g/mol. The molecule has 1 saturated heterocycles. The van der Waals surface area contributed by atoms with Crippen molar-refractivity contribution >= 4 is 23.5 Å². The summed E-state index contributed by atoms with van der Waals surface area (Å²) < 4.78 is 5.16. The van der Waals surface area contributed by atoms with Crippen LogP contribution in [0.25, 0.3) is 0 Å². The minimum absolute atomic E-state index is 0.144. The molecule has 1 N–H and O–H groups in total. The van der Waals surface area contributed by atoms with E-state index in [1.54, 1.807) is 55.3 Å². The number of rotatable bonds is 4. The van der Waals surface area contributed by atoms with E-state index in [0.29, 0.717) is 30.6 Å². The van der Waals surface area contributed by atoms with Crippen molar-refractivity contribution in [1.29, 1.82) is 0 Å². The van der Waals surface area contributed by atoms with Crippen molar-refractivity contribution in [1.82, 2.24) is 4.90 Å². The third-order valence-electron chi connectivity index (χ3n) is 5.03. The molecule has 2 aromatic rings. The number of carboxylic acids is 1. The Labute approximate surface area is 157 Å². The standard InChI is InChI=1S/C20H22N2O5/c1-20(19(25)26)10-6-11-22(13-20)17(23)14-7-3-4-8-15(14)21(2)18(24)16-9-5-12-27-16/h3-5,7-9,12H,6,10-11,13H2,1-2H3,(H,25,26). The molecule has 0 bridgehead atoms. The first-order valence-electron chi connectivity index (χ1n) is 8.77. The molecule has 1 unspecified atom stereocenters. The summed E-state index contributed by atoms with van der Waals surface area (Å²) in [6.45, 7) is 2.30. The molecular formula is C20H22N2O5.